The van der Waals surface area contributed by atoms with Crippen LogP contribution < -0.4 is 0 Å². The zero-order valence-electron chi connectivity index (χ0n) is 6.92. The standard InChI is InChI=1S/C9H16O2/c1-2-4-8(3-1)5-10-6-9-7-11-9/h8-9H,1-7H2. The molecule has 1 heterocycles. The Kier molecular flexibility index (Phi) is 2.44. The van der Waals surface area contributed by atoms with E-state index in [0.29, 0.717) is 6.10 Å². The molecule has 2 heteroatoms. The number of epoxide rings is 1. The molecule has 2 nitrogen and oxygen atoms in total. The molecule has 1 unspecified atom stereocenters. The van der Waals surface area contributed by atoms with Gasteiger partial charge >= 0.3 is 0 Å². The van der Waals surface area contributed by atoms with Gasteiger partial charge in [0.25, 0.3) is 0 Å². The summed E-state index contributed by atoms with van der Waals surface area (Å²) in [5.41, 5.74) is 0. The van der Waals surface area contributed by atoms with E-state index < -0.39 is 0 Å². The van der Waals surface area contributed by atoms with Gasteiger partial charge in [0.2, 0.25) is 0 Å². The highest BCUT2D eigenvalue weighted by Crippen LogP contribution is 2.25. The zero-order valence-corrected chi connectivity index (χ0v) is 6.92. The van der Waals surface area contributed by atoms with Gasteiger partial charge in [-0.05, 0) is 18.8 Å². The Bertz CT molecular complexity index is 115. The second-order valence-electron chi connectivity index (χ2n) is 3.64. The largest absolute Gasteiger partial charge is 0.378 e. The molecule has 1 saturated heterocycles. The molecule has 0 bridgehead atoms. The van der Waals surface area contributed by atoms with Crippen molar-refractivity contribution in [3.8, 4) is 0 Å². The predicted molar refractivity (Wildman–Crippen MR) is 42.5 cm³/mol. The lowest BCUT2D eigenvalue weighted by Gasteiger charge is -2.07. The lowest BCUT2D eigenvalue weighted by Crippen LogP contribution is -2.09. The third kappa shape index (κ3) is 2.46. The van der Waals surface area contributed by atoms with Gasteiger partial charge < -0.3 is 9.47 Å². The van der Waals surface area contributed by atoms with Crippen LogP contribution in [-0.4, -0.2) is 25.9 Å². The van der Waals surface area contributed by atoms with E-state index in [0.717, 1.165) is 25.7 Å². The van der Waals surface area contributed by atoms with E-state index in [2.05, 4.69) is 0 Å². The SMILES string of the molecule is C1CCC(COCC2CO2)C1. The van der Waals surface area contributed by atoms with Crippen LogP contribution in [0.3, 0.4) is 0 Å². The van der Waals surface area contributed by atoms with Gasteiger partial charge in [0.05, 0.1) is 13.2 Å². The second kappa shape index (κ2) is 3.55. The number of hydrogen-bond donors (Lipinski definition) is 0. The van der Waals surface area contributed by atoms with Gasteiger partial charge in [0.1, 0.15) is 6.10 Å². The van der Waals surface area contributed by atoms with Gasteiger partial charge in [0, 0.05) is 6.61 Å². The van der Waals surface area contributed by atoms with Crippen LogP contribution in [0.5, 0.6) is 0 Å². The quantitative estimate of drug-likeness (QED) is 0.576. The number of hydrogen-bond acceptors (Lipinski definition) is 2. The van der Waals surface area contributed by atoms with Gasteiger partial charge in [-0.25, -0.2) is 0 Å². The summed E-state index contributed by atoms with van der Waals surface area (Å²) >= 11 is 0. The van der Waals surface area contributed by atoms with Crippen molar-refractivity contribution in [1.82, 2.24) is 0 Å². The van der Waals surface area contributed by atoms with Crippen molar-refractivity contribution in [2.24, 2.45) is 5.92 Å². The van der Waals surface area contributed by atoms with Crippen LogP contribution in [0.25, 0.3) is 0 Å². The van der Waals surface area contributed by atoms with Crippen molar-refractivity contribution in [3.63, 3.8) is 0 Å². The highest BCUT2D eigenvalue weighted by molar-refractivity contribution is 4.70. The Morgan fingerprint density at radius 2 is 1.91 bits per heavy atom. The summed E-state index contributed by atoms with van der Waals surface area (Å²) in [6, 6.07) is 0. The second-order valence-corrected chi connectivity index (χ2v) is 3.64. The van der Waals surface area contributed by atoms with Gasteiger partial charge in [-0.3, -0.25) is 0 Å². The molecule has 0 aromatic rings. The molecule has 0 aromatic carbocycles. The molecule has 1 saturated carbocycles. The molecule has 1 aliphatic heterocycles. The number of rotatable bonds is 4. The fraction of sp³-hybridized carbons (Fsp3) is 1.00. The minimum Gasteiger partial charge on any atom is -0.378 e. The average Bonchev–Trinajstić information content (AvgIpc) is 2.66. The first-order chi connectivity index (χ1) is 5.45. The van der Waals surface area contributed by atoms with Crippen LogP contribution in [0.2, 0.25) is 0 Å². The Labute approximate surface area is 67.9 Å². The highest BCUT2D eigenvalue weighted by Gasteiger charge is 2.23. The summed E-state index contributed by atoms with van der Waals surface area (Å²) in [6.45, 7) is 2.72. The van der Waals surface area contributed by atoms with Crippen molar-refractivity contribution in [2.45, 2.75) is 31.8 Å². The number of ether oxygens (including phenoxy) is 2. The third-order valence-electron chi connectivity index (χ3n) is 2.53. The molecule has 2 fully saturated rings. The molecular weight excluding hydrogens is 140 g/mol. The summed E-state index contributed by atoms with van der Waals surface area (Å²) in [4.78, 5) is 0. The van der Waals surface area contributed by atoms with E-state index in [4.69, 9.17) is 9.47 Å². The van der Waals surface area contributed by atoms with Crippen LogP contribution in [-0.2, 0) is 9.47 Å². The average molecular weight is 156 g/mol. The maximum absolute atomic E-state index is 5.52. The van der Waals surface area contributed by atoms with Crippen molar-refractivity contribution in [1.29, 1.82) is 0 Å². The topological polar surface area (TPSA) is 21.8 Å². The molecule has 1 aliphatic carbocycles. The van der Waals surface area contributed by atoms with Crippen molar-refractivity contribution in [3.05, 3.63) is 0 Å². The highest BCUT2D eigenvalue weighted by atomic mass is 16.6. The van der Waals surface area contributed by atoms with Crippen LogP contribution in [0, 0.1) is 5.92 Å². The fourth-order valence-corrected chi connectivity index (χ4v) is 1.71. The Hall–Kier alpha value is -0.0800. The molecule has 1 atom stereocenters. The van der Waals surface area contributed by atoms with Crippen LogP contribution in [0.4, 0.5) is 0 Å². The molecule has 2 rings (SSSR count). The van der Waals surface area contributed by atoms with E-state index in [1.54, 1.807) is 0 Å². The van der Waals surface area contributed by atoms with Crippen LogP contribution >= 0.6 is 0 Å². The first kappa shape index (κ1) is 7.56. The lowest BCUT2D eigenvalue weighted by molar-refractivity contribution is 0.0877. The summed E-state index contributed by atoms with van der Waals surface area (Å²) in [5.74, 6) is 0.855. The van der Waals surface area contributed by atoms with E-state index in [1.807, 2.05) is 0 Å². The van der Waals surface area contributed by atoms with Gasteiger partial charge in [-0.2, -0.15) is 0 Å². The van der Waals surface area contributed by atoms with Gasteiger partial charge in [0.15, 0.2) is 0 Å². The zero-order chi connectivity index (χ0) is 7.52. The summed E-state index contributed by atoms with van der Waals surface area (Å²) in [5, 5.41) is 0. The first-order valence-corrected chi connectivity index (χ1v) is 4.64. The predicted octanol–water partition coefficient (Wildman–Crippen LogP) is 1.59. The normalized spacial score (nSPS) is 31.1. The molecular formula is C9H16O2. The lowest BCUT2D eigenvalue weighted by atomic mass is 10.1. The fourth-order valence-electron chi connectivity index (χ4n) is 1.71. The molecule has 0 spiro atoms. The maximum Gasteiger partial charge on any atom is 0.104 e. The first-order valence-electron chi connectivity index (χ1n) is 4.64. The minimum absolute atomic E-state index is 0.441. The molecule has 0 N–H and O–H groups in total. The Balaban J connectivity index is 1.51. The molecule has 2 aliphatic rings. The molecule has 11 heavy (non-hydrogen) atoms. The van der Waals surface area contributed by atoms with Gasteiger partial charge in [-0.1, -0.05) is 12.8 Å². The summed E-state index contributed by atoms with van der Waals surface area (Å²) < 4.78 is 10.6. The molecule has 0 amide bonds. The van der Waals surface area contributed by atoms with E-state index in [-0.39, 0.29) is 0 Å². The van der Waals surface area contributed by atoms with Crippen LogP contribution in [0.1, 0.15) is 25.7 Å². The smallest absolute Gasteiger partial charge is 0.104 e. The monoisotopic (exact) mass is 156 g/mol. The molecule has 0 radical (unpaired) electrons. The maximum atomic E-state index is 5.52. The van der Waals surface area contributed by atoms with Crippen LogP contribution in [0.15, 0.2) is 0 Å². The Morgan fingerprint density at radius 1 is 1.18 bits per heavy atom. The van der Waals surface area contributed by atoms with E-state index in [9.17, 15) is 0 Å². The van der Waals surface area contributed by atoms with E-state index >= 15 is 0 Å². The van der Waals surface area contributed by atoms with Crippen molar-refractivity contribution in [2.75, 3.05) is 19.8 Å². The summed E-state index contributed by atoms with van der Waals surface area (Å²) in [7, 11) is 0. The molecule has 64 valence electrons. The van der Waals surface area contributed by atoms with Crippen molar-refractivity contribution < 1.29 is 9.47 Å². The molecule has 0 aromatic heterocycles. The van der Waals surface area contributed by atoms with Gasteiger partial charge in [-0.15, -0.1) is 0 Å². The van der Waals surface area contributed by atoms with Crippen molar-refractivity contribution >= 4 is 0 Å². The van der Waals surface area contributed by atoms with E-state index in [1.165, 1.54) is 25.7 Å². The third-order valence-corrected chi connectivity index (χ3v) is 2.53. The Morgan fingerprint density at radius 3 is 2.55 bits per heavy atom. The minimum atomic E-state index is 0.441. The summed E-state index contributed by atoms with van der Waals surface area (Å²) in [6.07, 6.45) is 6.02.